The summed E-state index contributed by atoms with van der Waals surface area (Å²) in [6, 6.07) is 11.3. The molecule has 0 amide bonds. The molecule has 0 fully saturated rings. The van der Waals surface area contributed by atoms with Crippen LogP contribution in [0.5, 0.6) is 11.5 Å². The number of halogens is 2. The van der Waals surface area contributed by atoms with Crippen LogP contribution >= 0.6 is 0 Å². The van der Waals surface area contributed by atoms with E-state index in [4.69, 9.17) is 18.7 Å². The monoisotopic (exact) mass is 451 g/mol. The van der Waals surface area contributed by atoms with Gasteiger partial charge in [0, 0.05) is 11.6 Å². The zero-order chi connectivity index (χ0) is 22.0. The van der Waals surface area contributed by atoms with Crippen molar-refractivity contribution >= 4 is 15.8 Å². The number of sulfone groups is 1. The second-order valence-electron chi connectivity index (χ2n) is 6.42. The van der Waals surface area contributed by atoms with E-state index in [-0.39, 0.29) is 12.3 Å². The number of ether oxygens (including phenoxy) is 3. The van der Waals surface area contributed by atoms with Crippen molar-refractivity contribution in [1.29, 1.82) is 0 Å². The number of carbonyl (C=O) groups is 1. The zero-order valence-electron chi connectivity index (χ0n) is 15.8. The van der Waals surface area contributed by atoms with Crippen LogP contribution in [-0.4, -0.2) is 38.5 Å². The van der Waals surface area contributed by atoms with Gasteiger partial charge in [-0.05, 0) is 30.3 Å². The van der Waals surface area contributed by atoms with Crippen molar-refractivity contribution in [3.63, 3.8) is 0 Å². The molecule has 1 aromatic heterocycles. The fourth-order valence-electron chi connectivity index (χ4n) is 2.91. The lowest BCUT2D eigenvalue weighted by molar-refractivity contribution is 0.0459. The number of benzene rings is 2. The Balaban J connectivity index is 1.48. The molecule has 0 bridgehead atoms. The highest BCUT2D eigenvalue weighted by Crippen LogP contribution is 2.34. The number of esters is 1. The maximum atomic E-state index is 12.9. The van der Waals surface area contributed by atoms with Crippen LogP contribution in [0.2, 0.25) is 0 Å². The van der Waals surface area contributed by atoms with Crippen molar-refractivity contribution in [3.8, 4) is 22.8 Å². The average molecular weight is 451 g/mol. The van der Waals surface area contributed by atoms with E-state index in [2.05, 4.69) is 5.16 Å². The Bertz CT molecular complexity index is 1220. The third kappa shape index (κ3) is 4.22. The number of carbonyl (C=O) groups excluding carboxylic acids is 1. The highest BCUT2D eigenvalue weighted by Gasteiger charge is 2.31. The molecule has 0 atom stereocenters. The molecule has 2 aromatic carbocycles. The number of rotatable bonds is 6. The molecule has 0 saturated heterocycles. The predicted molar refractivity (Wildman–Crippen MR) is 102 cm³/mol. The first-order valence-corrected chi connectivity index (χ1v) is 10.5. The number of nitrogens with zero attached hydrogens (tertiary/aromatic N) is 1. The Morgan fingerprint density at radius 3 is 2.58 bits per heavy atom. The fourth-order valence-corrected chi connectivity index (χ4v) is 3.83. The third-order valence-corrected chi connectivity index (χ3v) is 5.82. The van der Waals surface area contributed by atoms with Gasteiger partial charge in [-0.25, -0.2) is 13.2 Å². The summed E-state index contributed by atoms with van der Waals surface area (Å²) in [5, 5.41) is 3.81. The molecule has 162 valence electrons. The molecular weight excluding hydrogens is 436 g/mol. The Hall–Kier alpha value is -3.47. The molecule has 0 unspecified atom stereocenters. The van der Waals surface area contributed by atoms with E-state index in [9.17, 15) is 22.0 Å². The average Bonchev–Trinajstić information content (AvgIpc) is 3.26. The van der Waals surface area contributed by atoms with Crippen LogP contribution in [0.15, 0.2) is 57.9 Å². The molecule has 8 nitrogen and oxygen atoms in total. The molecule has 31 heavy (non-hydrogen) atoms. The van der Waals surface area contributed by atoms with Crippen LogP contribution in [0, 0.1) is 0 Å². The van der Waals surface area contributed by atoms with E-state index in [0.717, 1.165) is 12.1 Å². The first kappa shape index (κ1) is 20.8. The quantitative estimate of drug-likeness (QED) is 0.525. The summed E-state index contributed by atoms with van der Waals surface area (Å²) < 4.78 is 70.6. The van der Waals surface area contributed by atoms with Gasteiger partial charge in [0.15, 0.2) is 17.3 Å². The summed E-state index contributed by atoms with van der Waals surface area (Å²) in [4.78, 5) is 11.5. The van der Waals surface area contributed by atoms with Crippen molar-refractivity contribution < 1.29 is 40.7 Å². The highest BCUT2D eigenvalue weighted by molar-refractivity contribution is 7.91. The molecule has 2 heterocycles. The lowest BCUT2D eigenvalue weighted by atomic mass is 10.1. The van der Waals surface area contributed by atoms with Crippen LogP contribution in [0.4, 0.5) is 8.78 Å². The van der Waals surface area contributed by atoms with Crippen LogP contribution in [-0.2, 0) is 21.2 Å². The summed E-state index contributed by atoms with van der Waals surface area (Å²) >= 11 is 0. The Morgan fingerprint density at radius 1 is 1.06 bits per heavy atom. The fraction of sp³-hybridized carbons (Fsp3) is 0.200. The van der Waals surface area contributed by atoms with E-state index in [1.54, 1.807) is 18.2 Å². The van der Waals surface area contributed by atoms with Crippen molar-refractivity contribution in [2.75, 3.05) is 13.2 Å². The lowest BCUT2D eigenvalue weighted by Crippen LogP contribution is -2.17. The van der Waals surface area contributed by atoms with Crippen LogP contribution in [0.3, 0.4) is 0 Å². The number of alkyl halides is 2. The van der Waals surface area contributed by atoms with Crippen LogP contribution in [0.25, 0.3) is 11.3 Å². The second kappa shape index (κ2) is 8.34. The maximum absolute atomic E-state index is 12.9. The minimum absolute atomic E-state index is 0.243. The van der Waals surface area contributed by atoms with Crippen molar-refractivity contribution in [2.45, 2.75) is 17.3 Å². The van der Waals surface area contributed by atoms with E-state index < -0.39 is 32.0 Å². The minimum Gasteiger partial charge on any atom is -0.486 e. The first-order valence-electron chi connectivity index (χ1n) is 9.00. The number of aromatic nitrogens is 1. The number of hydrogen-bond acceptors (Lipinski definition) is 8. The minimum atomic E-state index is -4.97. The molecule has 1 aliphatic heterocycles. The van der Waals surface area contributed by atoms with Crippen LogP contribution in [0.1, 0.15) is 16.1 Å². The van der Waals surface area contributed by atoms with Gasteiger partial charge in [-0.15, -0.1) is 0 Å². The normalized spacial score (nSPS) is 13.3. The van der Waals surface area contributed by atoms with Gasteiger partial charge in [0.25, 0.3) is 0 Å². The molecule has 0 radical (unpaired) electrons. The molecule has 11 heteroatoms. The molecule has 0 N–H and O–H groups in total. The van der Waals surface area contributed by atoms with Gasteiger partial charge in [-0.1, -0.05) is 17.3 Å². The van der Waals surface area contributed by atoms with Gasteiger partial charge in [-0.2, -0.15) is 8.78 Å². The van der Waals surface area contributed by atoms with Crippen LogP contribution < -0.4 is 9.47 Å². The van der Waals surface area contributed by atoms with E-state index in [0.29, 0.717) is 36.0 Å². The van der Waals surface area contributed by atoms with E-state index in [1.165, 1.54) is 18.2 Å². The predicted octanol–water partition coefficient (Wildman–Crippen LogP) is 3.47. The van der Waals surface area contributed by atoms with Crippen molar-refractivity contribution in [1.82, 2.24) is 5.16 Å². The standard InChI is InChI=1S/C20H15F2NO7S/c21-20(22)31(25,26)18-4-2-1-3-14(18)19(24)29-11-13-10-16(30-23-13)12-5-6-15-17(9-12)28-8-7-27-15/h1-6,9-10,20H,7-8,11H2. The molecule has 0 saturated carbocycles. The lowest BCUT2D eigenvalue weighted by Gasteiger charge is -2.18. The van der Waals surface area contributed by atoms with E-state index in [1.807, 2.05) is 0 Å². The Labute approximate surface area is 175 Å². The molecule has 0 spiro atoms. The summed E-state index contributed by atoms with van der Waals surface area (Å²) in [6.07, 6.45) is 0. The Kier molecular flexibility index (Phi) is 5.59. The summed E-state index contributed by atoms with van der Waals surface area (Å²) in [5.41, 5.74) is 0.411. The van der Waals surface area contributed by atoms with Gasteiger partial charge in [0.1, 0.15) is 25.5 Å². The summed E-state index contributed by atoms with van der Waals surface area (Å²) in [7, 11) is -4.97. The number of fused-ring (bicyclic) bond motifs is 1. The molecular formula is C20H15F2NO7S. The zero-order valence-corrected chi connectivity index (χ0v) is 16.6. The smallest absolute Gasteiger partial charge is 0.341 e. The number of hydrogen-bond donors (Lipinski definition) is 0. The molecule has 1 aliphatic rings. The van der Waals surface area contributed by atoms with Gasteiger partial charge >= 0.3 is 11.7 Å². The molecule has 4 rings (SSSR count). The highest BCUT2D eigenvalue weighted by atomic mass is 32.2. The van der Waals surface area contributed by atoms with Gasteiger partial charge in [-0.3, -0.25) is 0 Å². The summed E-state index contributed by atoms with van der Waals surface area (Å²) in [6.45, 7) is 0.540. The molecule has 0 aliphatic carbocycles. The maximum Gasteiger partial charge on any atom is 0.341 e. The SMILES string of the molecule is O=C(OCc1cc(-c2ccc3c(c2)OCCO3)on1)c1ccccc1S(=O)(=O)C(F)F. The Morgan fingerprint density at radius 2 is 1.81 bits per heavy atom. The second-order valence-corrected chi connectivity index (χ2v) is 8.31. The van der Waals surface area contributed by atoms with E-state index >= 15 is 0 Å². The van der Waals surface area contributed by atoms with Crippen molar-refractivity contribution in [3.05, 3.63) is 59.8 Å². The third-order valence-electron chi connectivity index (χ3n) is 4.38. The van der Waals surface area contributed by atoms with Gasteiger partial charge in [0.2, 0.25) is 9.84 Å². The van der Waals surface area contributed by atoms with Gasteiger partial charge < -0.3 is 18.7 Å². The first-order chi connectivity index (χ1) is 14.9. The molecule has 3 aromatic rings. The van der Waals surface area contributed by atoms with Crippen molar-refractivity contribution in [2.24, 2.45) is 0 Å². The van der Waals surface area contributed by atoms with Gasteiger partial charge in [0.05, 0.1) is 10.5 Å². The topological polar surface area (TPSA) is 105 Å². The largest absolute Gasteiger partial charge is 0.486 e. The summed E-state index contributed by atoms with van der Waals surface area (Å²) in [5.74, 6) is -3.19.